The SMILES string of the molecule is COCCOCC(=O)Nc1cn[nH]c1. The summed E-state index contributed by atoms with van der Waals surface area (Å²) in [5.74, 6) is -0.206. The fourth-order valence-electron chi connectivity index (χ4n) is 0.823. The molecule has 78 valence electrons. The molecule has 0 bridgehead atoms. The van der Waals surface area contributed by atoms with Crippen molar-refractivity contribution in [3.63, 3.8) is 0 Å². The molecular weight excluding hydrogens is 186 g/mol. The van der Waals surface area contributed by atoms with Gasteiger partial charge in [-0.25, -0.2) is 0 Å². The monoisotopic (exact) mass is 199 g/mol. The molecule has 6 heteroatoms. The van der Waals surface area contributed by atoms with Crippen LogP contribution in [0.5, 0.6) is 0 Å². The summed E-state index contributed by atoms with van der Waals surface area (Å²) in [5, 5.41) is 8.87. The number of hydrogen-bond donors (Lipinski definition) is 2. The highest BCUT2D eigenvalue weighted by atomic mass is 16.5. The maximum atomic E-state index is 11.2. The van der Waals surface area contributed by atoms with Crippen molar-refractivity contribution < 1.29 is 14.3 Å². The van der Waals surface area contributed by atoms with Crippen LogP contribution in [0, 0.1) is 0 Å². The first-order chi connectivity index (χ1) is 6.83. The second kappa shape index (κ2) is 6.11. The Balaban J connectivity index is 2.11. The molecule has 1 amide bonds. The van der Waals surface area contributed by atoms with Crippen LogP contribution in [0.25, 0.3) is 0 Å². The van der Waals surface area contributed by atoms with Crippen LogP contribution >= 0.6 is 0 Å². The number of amides is 1. The zero-order valence-electron chi connectivity index (χ0n) is 7.95. The van der Waals surface area contributed by atoms with Crippen molar-refractivity contribution in [1.82, 2.24) is 10.2 Å². The summed E-state index contributed by atoms with van der Waals surface area (Å²) in [5.41, 5.74) is 0.630. The second-order valence-corrected chi connectivity index (χ2v) is 2.58. The van der Waals surface area contributed by atoms with E-state index in [0.717, 1.165) is 0 Å². The highest BCUT2D eigenvalue weighted by Crippen LogP contribution is 1.99. The van der Waals surface area contributed by atoms with Crippen molar-refractivity contribution in [1.29, 1.82) is 0 Å². The molecule has 0 unspecified atom stereocenters. The van der Waals surface area contributed by atoms with E-state index in [2.05, 4.69) is 15.5 Å². The fraction of sp³-hybridized carbons (Fsp3) is 0.500. The van der Waals surface area contributed by atoms with E-state index >= 15 is 0 Å². The third-order valence-electron chi connectivity index (χ3n) is 1.45. The normalized spacial score (nSPS) is 10.1. The van der Waals surface area contributed by atoms with Gasteiger partial charge in [0.15, 0.2) is 0 Å². The maximum Gasteiger partial charge on any atom is 0.250 e. The minimum atomic E-state index is -0.206. The topological polar surface area (TPSA) is 76.2 Å². The van der Waals surface area contributed by atoms with E-state index in [9.17, 15) is 4.79 Å². The minimum Gasteiger partial charge on any atom is -0.382 e. The molecule has 0 saturated carbocycles. The Morgan fingerprint density at radius 2 is 2.50 bits per heavy atom. The van der Waals surface area contributed by atoms with Crippen LogP contribution in [-0.2, 0) is 14.3 Å². The number of rotatable bonds is 6. The molecule has 1 rings (SSSR count). The van der Waals surface area contributed by atoms with E-state index < -0.39 is 0 Å². The lowest BCUT2D eigenvalue weighted by Crippen LogP contribution is -2.19. The Morgan fingerprint density at radius 1 is 1.64 bits per heavy atom. The van der Waals surface area contributed by atoms with Gasteiger partial charge in [0.05, 0.1) is 25.1 Å². The lowest BCUT2D eigenvalue weighted by Gasteiger charge is -2.03. The predicted octanol–water partition coefficient (Wildman–Crippen LogP) is 0.0112. The van der Waals surface area contributed by atoms with Crippen molar-refractivity contribution in [2.24, 2.45) is 0 Å². The number of H-pyrrole nitrogens is 1. The summed E-state index contributed by atoms with van der Waals surface area (Å²) in [6, 6.07) is 0. The number of aromatic nitrogens is 2. The predicted molar refractivity (Wildman–Crippen MR) is 49.9 cm³/mol. The molecule has 0 aliphatic carbocycles. The van der Waals surface area contributed by atoms with E-state index in [1.807, 2.05) is 0 Å². The fourth-order valence-corrected chi connectivity index (χ4v) is 0.823. The molecule has 0 saturated heterocycles. The van der Waals surface area contributed by atoms with E-state index in [4.69, 9.17) is 9.47 Å². The molecule has 0 atom stereocenters. The molecule has 0 fully saturated rings. The number of nitrogens with zero attached hydrogens (tertiary/aromatic N) is 1. The van der Waals surface area contributed by atoms with E-state index in [0.29, 0.717) is 18.9 Å². The molecular formula is C8H13N3O3. The first kappa shape index (κ1) is 10.7. The van der Waals surface area contributed by atoms with Gasteiger partial charge in [-0.05, 0) is 0 Å². The molecule has 0 radical (unpaired) electrons. The van der Waals surface area contributed by atoms with Crippen LogP contribution in [-0.4, -0.2) is 43.0 Å². The Hall–Kier alpha value is -1.40. The smallest absolute Gasteiger partial charge is 0.250 e. The van der Waals surface area contributed by atoms with Gasteiger partial charge in [0, 0.05) is 13.3 Å². The van der Waals surface area contributed by atoms with Crippen LogP contribution in [0.2, 0.25) is 0 Å². The summed E-state index contributed by atoms with van der Waals surface area (Å²) >= 11 is 0. The molecule has 1 heterocycles. The van der Waals surface area contributed by atoms with Gasteiger partial charge >= 0.3 is 0 Å². The van der Waals surface area contributed by atoms with Gasteiger partial charge in [0.1, 0.15) is 6.61 Å². The molecule has 0 aromatic carbocycles. The number of nitrogens with one attached hydrogen (secondary N) is 2. The Bertz CT molecular complexity index is 261. The summed E-state index contributed by atoms with van der Waals surface area (Å²) in [6.07, 6.45) is 3.11. The zero-order valence-corrected chi connectivity index (χ0v) is 7.95. The quantitative estimate of drug-likeness (QED) is 0.633. The average molecular weight is 199 g/mol. The number of methoxy groups -OCH3 is 1. The third-order valence-corrected chi connectivity index (χ3v) is 1.45. The molecule has 0 spiro atoms. The van der Waals surface area contributed by atoms with Crippen LogP contribution in [0.1, 0.15) is 0 Å². The number of hydrogen-bond acceptors (Lipinski definition) is 4. The van der Waals surface area contributed by atoms with E-state index in [1.54, 1.807) is 13.3 Å². The van der Waals surface area contributed by atoms with Gasteiger partial charge in [-0.2, -0.15) is 5.10 Å². The summed E-state index contributed by atoms with van der Waals surface area (Å²) in [7, 11) is 1.58. The average Bonchev–Trinajstić information content (AvgIpc) is 2.65. The molecule has 1 aromatic heterocycles. The number of ether oxygens (including phenoxy) is 2. The van der Waals surface area contributed by atoms with Crippen molar-refractivity contribution in [3.8, 4) is 0 Å². The first-order valence-electron chi connectivity index (χ1n) is 4.18. The number of carbonyl (C=O) groups excluding carboxylic acids is 1. The van der Waals surface area contributed by atoms with Crippen LogP contribution in [0.4, 0.5) is 5.69 Å². The van der Waals surface area contributed by atoms with Gasteiger partial charge < -0.3 is 14.8 Å². The van der Waals surface area contributed by atoms with Crippen molar-refractivity contribution in [2.75, 3.05) is 32.2 Å². The highest BCUT2D eigenvalue weighted by Gasteiger charge is 2.02. The number of aromatic amines is 1. The molecule has 2 N–H and O–H groups in total. The Kier molecular flexibility index (Phi) is 4.66. The Labute approximate surface area is 81.6 Å². The van der Waals surface area contributed by atoms with Gasteiger partial charge in [0.2, 0.25) is 5.91 Å². The molecule has 1 aromatic rings. The standard InChI is InChI=1S/C8H13N3O3/c1-13-2-3-14-6-8(12)11-7-4-9-10-5-7/h4-5H,2-3,6H2,1H3,(H,9,10)(H,11,12). The zero-order chi connectivity index (χ0) is 10.2. The lowest BCUT2D eigenvalue weighted by atomic mass is 10.5. The van der Waals surface area contributed by atoms with Gasteiger partial charge in [-0.15, -0.1) is 0 Å². The molecule has 0 aliphatic rings. The Morgan fingerprint density at radius 3 is 3.14 bits per heavy atom. The maximum absolute atomic E-state index is 11.2. The molecule has 14 heavy (non-hydrogen) atoms. The van der Waals surface area contributed by atoms with Gasteiger partial charge in [0.25, 0.3) is 0 Å². The number of anilines is 1. The summed E-state index contributed by atoms with van der Waals surface area (Å²) < 4.78 is 9.77. The van der Waals surface area contributed by atoms with Crippen LogP contribution in [0.3, 0.4) is 0 Å². The van der Waals surface area contributed by atoms with Crippen LogP contribution in [0.15, 0.2) is 12.4 Å². The number of carbonyl (C=O) groups is 1. The highest BCUT2D eigenvalue weighted by molar-refractivity contribution is 5.91. The van der Waals surface area contributed by atoms with Crippen molar-refractivity contribution >= 4 is 11.6 Å². The van der Waals surface area contributed by atoms with Gasteiger partial charge in [-0.1, -0.05) is 0 Å². The van der Waals surface area contributed by atoms with Crippen LogP contribution < -0.4 is 5.32 Å². The lowest BCUT2D eigenvalue weighted by molar-refractivity contribution is -0.121. The summed E-state index contributed by atoms with van der Waals surface area (Å²) in [4.78, 5) is 11.2. The van der Waals surface area contributed by atoms with E-state index in [-0.39, 0.29) is 12.5 Å². The molecule has 6 nitrogen and oxygen atoms in total. The minimum absolute atomic E-state index is 0.0224. The van der Waals surface area contributed by atoms with Gasteiger partial charge in [-0.3, -0.25) is 9.89 Å². The second-order valence-electron chi connectivity index (χ2n) is 2.58. The molecule has 0 aliphatic heterocycles. The van der Waals surface area contributed by atoms with Crippen molar-refractivity contribution in [2.45, 2.75) is 0 Å². The van der Waals surface area contributed by atoms with Crippen molar-refractivity contribution in [3.05, 3.63) is 12.4 Å². The largest absolute Gasteiger partial charge is 0.382 e. The first-order valence-corrected chi connectivity index (χ1v) is 4.18. The summed E-state index contributed by atoms with van der Waals surface area (Å²) in [6.45, 7) is 0.919. The van der Waals surface area contributed by atoms with E-state index in [1.165, 1.54) is 6.20 Å². The third kappa shape index (κ3) is 4.01.